The number of carbonyl (C=O) groups is 1. The van der Waals surface area contributed by atoms with Gasteiger partial charge in [0.25, 0.3) is 0 Å². The predicted molar refractivity (Wildman–Crippen MR) is 107 cm³/mol. The Morgan fingerprint density at radius 1 is 1.15 bits per heavy atom. The van der Waals surface area contributed by atoms with E-state index in [2.05, 4.69) is 10.3 Å². The Hall–Kier alpha value is -2.44. The van der Waals surface area contributed by atoms with E-state index in [0.717, 1.165) is 11.1 Å². The maximum atomic E-state index is 12.3. The third kappa shape index (κ3) is 5.52. The minimum absolute atomic E-state index is 0.0828. The van der Waals surface area contributed by atoms with Crippen molar-refractivity contribution < 1.29 is 13.4 Å². The number of carbonyl (C=O) groups excluding carboxylic acids is 1. The first-order valence-electron chi connectivity index (χ1n) is 8.39. The molecule has 2 aromatic carbocycles. The molecule has 0 saturated carbocycles. The Balaban J connectivity index is 1.53. The van der Waals surface area contributed by atoms with E-state index in [1.807, 2.05) is 42.5 Å². The number of hydrogen-bond donors (Lipinski definition) is 1. The highest BCUT2D eigenvalue weighted by Crippen LogP contribution is 2.22. The highest BCUT2D eigenvalue weighted by molar-refractivity contribution is 7.84. The SMILES string of the molecule is Cc1oc(-c2ccccc2)nc1C[S@](=O)CC(=O)NCc1ccc(Cl)cc1. The van der Waals surface area contributed by atoms with Crippen molar-refractivity contribution in [2.45, 2.75) is 19.2 Å². The number of nitrogens with one attached hydrogen (secondary N) is 1. The molecule has 0 spiro atoms. The summed E-state index contributed by atoms with van der Waals surface area (Å²) in [6.07, 6.45) is 0. The summed E-state index contributed by atoms with van der Waals surface area (Å²) in [6, 6.07) is 16.7. The minimum atomic E-state index is -1.37. The zero-order chi connectivity index (χ0) is 19.2. The Morgan fingerprint density at radius 3 is 2.56 bits per heavy atom. The van der Waals surface area contributed by atoms with Crippen molar-refractivity contribution in [2.75, 3.05) is 5.75 Å². The Labute approximate surface area is 165 Å². The zero-order valence-corrected chi connectivity index (χ0v) is 16.3. The van der Waals surface area contributed by atoms with E-state index < -0.39 is 10.8 Å². The summed E-state index contributed by atoms with van der Waals surface area (Å²) in [7, 11) is -1.37. The molecule has 0 saturated heterocycles. The van der Waals surface area contributed by atoms with Gasteiger partial charge in [-0.2, -0.15) is 0 Å². The second-order valence-electron chi connectivity index (χ2n) is 6.02. The maximum absolute atomic E-state index is 12.3. The van der Waals surface area contributed by atoms with Gasteiger partial charge >= 0.3 is 0 Å². The molecule has 0 unspecified atom stereocenters. The lowest BCUT2D eigenvalue weighted by molar-refractivity contribution is -0.118. The molecule has 0 aliphatic heterocycles. The van der Waals surface area contributed by atoms with E-state index >= 15 is 0 Å². The minimum Gasteiger partial charge on any atom is -0.441 e. The van der Waals surface area contributed by atoms with Crippen LogP contribution in [0.1, 0.15) is 17.0 Å². The van der Waals surface area contributed by atoms with Crippen LogP contribution in [0.25, 0.3) is 11.5 Å². The van der Waals surface area contributed by atoms with Crippen LogP contribution in [-0.2, 0) is 27.9 Å². The third-order valence-corrected chi connectivity index (χ3v) is 5.34. The first kappa shape index (κ1) is 19.3. The quantitative estimate of drug-likeness (QED) is 0.651. The fraction of sp³-hybridized carbons (Fsp3) is 0.200. The molecule has 1 aromatic heterocycles. The van der Waals surface area contributed by atoms with Crippen LogP contribution >= 0.6 is 11.6 Å². The van der Waals surface area contributed by atoms with Crippen LogP contribution in [0.5, 0.6) is 0 Å². The Bertz CT molecular complexity index is 940. The molecule has 3 rings (SSSR count). The van der Waals surface area contributed by atoms with Crippen molar-refractivity contribution in [1.82, 2.24) is 10.3 Å². The molecular weight excluding hydrogens is 384 g/mol. The van der Waals surface area contributed by atoms with Crippen LogP contribution in [0.3, 0.4) is 0 Å². The van der Waals surface area contributed by atoms with E-state index in [4.69, 9.17) is 16.0 Å². The highest BCUT2D eigenvalue weighted by atomic mass is 35.5. The summed E-state index contributed by atoms with van der Waals surface area (Å²) in [4.78, 5) is 16.4. The Morgan fingerprint density at radius 2 is 1.85 bits per heavy atom. The zero-order valence-electron chi connectivity index (χ0n) is 14.8. The molecule has 1 amide bonds. The largest absolute Gasteiger partial charge is 0.441 e. The van der Waals surface area contributed by atoms with E-state index in [-0.39, 0.29) is 17.4 Å². The molecule has 5 nitrogen and oxygen atoms in total. The molecule has 7 heteroatoms. The van der Waals surface area contributed by atoms with Crippen LogP contribution < -0.4 is 5.32 Å². The lowest BCUT2D eigenvalue weighted by atomic mass is 10.2. The van der Waals surface area contributed by atoms with Gasteiger partial charge in [-0.1, -0.05) is 41.9 Å². The smallest absolute Gasteiger partial charge is 0.232 e. The van der Waals surface area contributed by atoms with Gasteiger partial charge in [0.15, 0.2) is 0 Å². The van der Waals surface area contributed by atoms with Crippen molar-refractivity contribution >= 4 is 28.3 Å². The maximum Gasteiger partial charge on any atom is 0.232 e. The molecule has 0 aliphatic rings. The first-order chi connectivity index (χ1) is 13.0. The van der Waals surface area contributed by atoms with Gasteiger partial charge in [-0.15, -0.1) is 0 Å². The lowest BCUT2D eigenvalue weighted by Gasteiger charge is -2.05. The molecule has 0 fully saturated rings. The number of benzene rings is 2. The van der Waals surface area contributed by atoms with Crippen molar-refractivity contribution in [2.24, 2.45) is 0 Å². The lowest BCUT2D eigenvalue weighted by Crippen LogP contribution is -2.28. The van der Waals surface area contributed by atoms with Crippen molar-refractivity contribution in [3.05, 3.63) is 76.6 Å². The number of oxazole rings is 1. The van der Waals surface area contributed by atoms with Gasteiger partial charge < -0.3 is 9.73 Å². The van der Waals surface area contributed by atoms with Gasteiger partial charge in [-0.3, -0.25) is 9.00 Å². The summed E-state index contributed by atoms with van der Waals surface area (Å²) < 4.78 is 18.0. The fourth-order valence-electron chi connectivity index (χ4n) is 2.47. The molecule has 1 N–H and O–H groups in total. The number of halogens is 1. The standard InChI is InChI=1S/C20H19ClN2O3S/c1-14-18(23-20(26-14)16-5-3-2-4-6-16)12-27(25)13-19(24)22-11-15-7-9-17(21)10-8-15/h2-10H,11-13H2,1H3,(H,22,24)/t27-/m0/s1. The van der Waals surface area contributed by atoms with E-state index in [9.17, 15) is 9.00 Å². The van der Waals surface area contributed by atoms with Crippen LogP contribution in [0, 0.1) is 6.92 Å². The van der Waals surface area contributed by atoms with E-state index in [0.29, 0.717) is 28.9 Å². The summed E-state index contributed by atoms with van der Waals surface area (Å²) in [5.41, 5.74) is 2.40. The van der Waals surface area contributed by atoms with Gasteiger partial charge in [-0.05, 0) is 36.8 Å². The molecule has 27 heavy (non-hydrogen) atoms. The first-order valence-corrected chi connectivity index (χ1v) is 10.3. The molecular formula is C20H19ClN2O3S. The highest BCUT2D eigenvalue weighted by Gasteiger charge is 2.16. The summed E-state index contributed by atoms with van der Waals surface area (Å²) in [5, 5.41) is 3.40. The summed E-state index contributed by atoms with van der Waals surface area (Å²) in [6.45, 7) is 2.15. The van der Waals surface area contributed by atoms with Crippen molar-refractivity contribution in [3.63, 3.8) is 0 Å². The van der Waals surface area contributed by atoms with Crippen molar-refractivity contribution in [1.29, 1.82) is 0 Å². The van der Waals surface area contributed by atoms with Gasteiger partial charge in [0.1, 0.15) is 11.5 Å². The molecule has 140 valence electrons. The van der Waals surface area contributed by atoms with E-state index in [1.165, 1.54) is 0 Å². The average Bonchev–Trinajstić information content (AvgIpc) is 3.02. The van der Waals surface area contributed by atoms with Crippen LogP contribution in [0.2, 0.25) is 5.02 Å². The van der Waals surface area contributed by atoms with Gasteiger partial charge in [0.2, 0.25) is 11.8 Å². The normalized spacial score (nSPS) is 11.9. The third-order valence-electron chi connectivity index (χ3n) is 3.91. The molecule has 0 bridgehead atoms. The number of nitrogens with zero attached hydrogens (tertiary/aromatic N) is 1. The molecule has 1 heterocycles. The predicted octanol–water partition coefficient (Wildman–Crippen LogP) is 3.87. The number of amides is 1. The number of aryl methyl sites for hydroxylation is 1. The molecule has 1 atom stereocenters. The van der Waals surface area contributed by atoms with Crippen molar-refractivity contribution in [3.8, 4) is 11.5 Å². The fourth-order valence-corrected chi connectivity index (χ4v) is 3.67. The summed E-state index contributed by atoms with van der Waals surface area (Å²) in [5.74, 6) is 0.931. The number of aromatic nitrogens is 1. The molecule has 3 aromatic rings. The second kappa shape index (κ2) is 8.97. The van der Waals surface area contributed by atoms with Crippen LogP contribution in [0.15, 0.2) is 59.0 Å². The van der Waals surface area contributed by atoms with Crippen LogP contribution in [0.4, 0.5) is 0 Å². The number of hydrogen-bond acceptors (Lipinski definition) is 4. The molecule has 0 radical (unpaired) electrons. The molecule has 0 aliphatic carbocycles. The van der Waals surface area contributed by atoms with E-state index in [1.54, 1.807) is 19.1 Å². The van der Waals surface area contributed by atoms with Crippen LogP contribution in [-0.4, -0.2) is 20.9 Å². The average molecular weight is 403 g/mol. The van der Waals surface area contributed by atoms with Gasteiger partial charge in [0, 0.05) is 27.9 Å². The monoisotopic (exact) mass is 402 g/mol. The van der Waals surface area contributed by atoms with Gasteiger partial charge in [-0.25, -0.2) is 4.98 Å². The Kier molecular flexibility index (Phi) is 6.42. The topological polar surface area (TPSA) is 72.2 Å². The van der Waals surface area contributed by atoms with Gasteiger partial charge in [0.05, 0.1) is 11.4 Å². The second-order valence-corrected chi connectivity index (χ2v) is 7.91. The number of rotatable bonds is 7. The summed E-state index contributed by atoms with van der Waals surface area (Å²) >= 11 is 5.83.